The first-order valence-electron chi connectivity index (χ1n) is 10.1. The lowest BCUT2D eigenvalue weighted by Crippen LogP contribution is -2.33. The molecule has 0 aliphatic carbocycles. The average Bonchev–Trinajstić information content (AvgIpc) is 3.11. The monoisotopic (exact) mass is 346 g/mol. The molecule has 1 aromatic heterocycles. The second-order valence-corrected chi connectivity index (χ2v) is 7.30. The molecule has 1 amide bonds. The van der Waals surface area contributed by atoms with Crippen molar-refractivity contribution in [1.82, 2.24) is 9.88 Å². The van der Waals surface area contributed by atoms with Crippen molar-refractivity contribution in [3.63, 3.8) is 0 Å². The first kappa shape index (κ1) is 19.9. The minimum atomic E-state index is -0.502. The zero-order chi connectivity index (χ0) is 17.9. The van der Waals surface area contributed by atoms with Crippen LogP contribution in [0.4, 0.5) is 0 Å². The van der Waals surface area contributed by atoms with E-state index in [0.717, 1.165) is 44.2 Å². The predicted molar refractivity (Wildman–Crippen MR) is 101 cm³/mol. The highest BCUT2D eigenvalue weighted by Crippen LogP contribution is 2.32. The molecule has 1 N–H and O–H groups in total. The molecule has 2 heterocycles. The van der Waals surface area contributed by atoms with Gasteiger partial charge in [0, 0.05) is 18.9 Å². The summed E-state index contributed by atoms with van der Waals surface area (Å²) >= 11 is 0. The highest BCUT2D eigenvalue weighted by atomic mass is 16.3. The number of unbranched alkanes of at least 4 members (excludes halogenated alkanes) is 6. The maximum atomic E-state index is 12.6. The number of carbonyl (C=O) groups excluding carboxylic acids is 1. The molecule has 1 saturated heterocycles. The summed E-state index contributed by atoms with van der Waals surface area (Å²) in [4.78, 5) is 18.7. The van der Waals surface area contributed by atoms with Crippen LogP contribution in [0.15, 0.2) is 24.5 Å². The van der Waals surface area contributed by atoms with E-state index in [1.807, 2.05) is 23.2 Å². The van der Waals surface area contributed by atoms with E-state index in [9.17, 15) is 9.90 Å². The zero-order valence-corrected chi connectivity index (χ0v) is 15.7. The summed E-state index contributed by atoms with van der Waals surface area (Å²) in [6.45, 7) is 3.02. The van der Waals surface area contributed by atoms with Crippen LogP contribution in [0.25, 0.3) is 0 Å². The van der Waals surface area contributed by atoms with Crippen molar-refractivity contribution in [2.45, 2.75) is 89.7 Å². The van der Waals surface area contributed by atoms with Crippen molar-refractivity contribution in [2.75, 3.05) is 6.54 Å². The number of carbonyl (C=O) groups is 1. The molecule has 2 rings (SSSR count). The Morgan fingerprint density at radius 2 is 2.04 bits per heavy atom. The molecule has 0 bridgehead atoms. The Morgan fingerprint density at radius 3 is 2.76 bits per heavy atom. The predicted octanol–water partition coefficient (Wildman–Crippen LogP) is 4.64. The number of aliphatic hydroxyl groups excluding tert-OH is 1. The second kappa shape index (κ2) is 11.2. The number of rotatable bonds is 11. The molecule has 1 aliphatic heterocycles. The minimum Gasteiger partial charge on any atom is -0.393 e. The molecule has 140 valence electrons. The van der Waals surface area contributed by atoms with Gasteiger partial charge in [0.1, 0.15) is 0 Å². The van der Waals surface area contributed by atoms with Crippen LogP contribution in [0.2, 0.25) is 0 Å². The molecular formula is C21H34N2O2. The first-order valence-corrected chi connectivity index (χ1v) is 10.1. The third-order valence-electron chi connectivity index (χ3n) is 5.19. The molecule has 25 heavy (non-hydrogen) atoms. The molecule has 4 nitrogen and oxygen atoms in total. The number of aromatic nitrogens is 1. The van der Waals surface area contributed by atoms with E-state index in [0.29, 0.717) is 0 Å². The Labute approximate surface area is 152 Å². The fraction of sp³-hybridized carbons (Fsp3) is 0.714. The minimum absolute atomic E-state index is 0.0850. The Morgan fingerprint density at radius 1 is 1.28 bits per heavy atom. The van der Waals surface area contributed by atoms with Crippen LogP contribution in [0.1, 0.15) is 89.2 Å². The zero-order valence-electron chi connectivity index (χ0n) is 15.7. The molecule has 0 aromatic carbocycles. The molecular weight excluding hydrogens is 312 g/mol. The van der Waals surface area contributed by atoms with Crippen molar-refractivity contribution in [1.29, 1.82) is 0 Å². The summed E-state index contributed by atoms with van der Waals surface area (Å²) in [5.74, 6) is 0.0850. The number of amides is 1. The molecule has 1 fully saturated rings. The van der Waals surface area contributed by atoms with E-state index >= 15 is 0 Å². The van der Waals surface area contributed by atoms with E-state index in [4.69, 9.17) is 0 Å². The van der Waals surface area contributed by atoms with Crippen LogP contribution in [0.3, 0.4) is 0 Å². The lowest BCUT2D eigenvalue weighted by Gasteiger charge is -2.26. The number of hydrogen-bond acceptors (Lipinski definition) is 3. The quantitative estimate of drug-likeness (QED) is 0.594. The van der Waals surface area contributed by atoms with Crippen molar-refractivity contribution in [2.24, 2.45) is 0 Å². The van der Waals surface area contributed by atoms with Crippen molar-refractivity contribution < 1.29 is 9.90 Å². The number of likely N-dealkylation sites (tertiary alicyclic amines) is 1. The summed E-state index contributed by atoms with van der Waals surface area (Å²) in [5, 5.41) is 10.2. The Kier molecular flexibility index (Phi) is 8.95. The van der Waals surface area contributed by atoms with Crippen LogP contribution in [-0.4, -0.2) is 33.5 Å². The highest BCUT2D eigenvalue weighted by molar-refractivity contribution is 5.77. The van der Waals surface area contributed by atoms with E-state index in [-0.39, 0.29) is 18.4 Å². The van der Waals surface area contributed by atoms with Gasteiger partial charge in [-0.05, 0) is 30.9 Å². The Balaban J connectivity index is 1.68. The smallest absolute Gasteiger partial charge is 0.225 e. The van der Waals surface area contributed by atoms with Gasteiger partial charge in [0.2, 0.25) is 5.91 Å². The van der Waals surface area contributed by atoms with E-state index in [1.165, 1.54) is 32.1 Å². The first-order chi connectivity index (χ1) is 12.2. The molecule has 2 atom stereocenters. The standard InChI is InChI=1S/C21H34N2O2/c1-2-3-4-5-6-7-8-12-19(24)16-21(25)23-15-10-13-20(23)18-11-9-14-22-17-18/h9,11,14,17,19-20,24H,2-8,10,12-13,15-16H2,1H3. The summed E-state index contributed by atoms with van der Waals surface area (Å²) < 4.78 is 0. The summed E-state index contributed by atoms with van der Waals surface area (Å²) in [6.07, 6.45) is 14.8. The number of hydrogen-bond donors (Lipinski definition) is 1. The maximum Gasteiger partial charge on any atom is 0.225 e. The van der Waals surface area contributed by atoms with Crippen LogP contribution in [0, 0.1) is 0 Å². The van der Waals surface area contributed by atoms with Crippen molar-refractivity contribution in [3.8, 4) is 0 Å². The molecule has 2 unspecified atom stereocenters. The van der Waals surface area contributed by atoms with Crippen LogP contribution >= 0.6 is 0 Å². The SMILES string of the molecule is CCCCCCCCCC(O)CC(=O)N1CCCC1c1cccnc1. The topological polar surface area (TPSA) is 53.4 Å². The van der Waals surface area contributed by atoms with E-state index in [1.54, 1.807) is 6.20 Å². The molecule has 1 aromatic rings. The molecule has 0 saturated carbocycles. The van der Waals surface area contributed by atoms with Crippen LogP contribution in [0.5, 0.6) is 0 Å². The van der Waals surface area contributed by atoms with Gasteiger partial charge in [0.05, 0.1) is 18.6 Å². The van der Waals surface area contributed by atoms with Gasteiger partial charge in [-0.25, -0.2) is 0 Å². The third kappa shape index (κ3) is 6.77. The fourth-order valence-corrected chi connectivity index (χ4v) is 3.74. The van der Waals surface area contributed by atoms with Crippen LogP contribution < -0.4 is 0 Å². The fourth-order valence-electron chi connectivity index (χ4n) is 3.74. The Hall–Kier alpha value is -1.42. The normalized spacial score (nSPS) is 18.5. The summed E-state index contributed by atoms with van der Waals surface area (Å²) in [5.41, 5.74) is 1.11. The lowest BCUT2D eigenvalue weighted by molar-refractivity contribution is -0.134. The highest BCUT2D eigenvalue weighted by Gasteiger charge is 2.30. The van der Waals surface area contributed by atoms with Gasteiger partial charge in [-0.3, -0.25) is 9.78 Å². The van der Waals surface area contributed by atoms with E-state index in [2.05, 4.69) is 11.9 Å². The molecule has 0 spiro atoms. The lowest BCUT2D eigenvalue weighted by atomic mass is 10.0. The number of pyridine rings is 1. The maximum absolute atomic E-state index is 12.6. The van der Waals surface area contributed by atoms with Gasteiger partial charge in [0.25, 0.3) is 0 Å². The largest absolute Gasteiger partial charge is 0.393 e. The van der Waals surface area contributed by atoms with Gasteiger partial charge in [0.15, 0.2) is 0 Å². The molecule has 0 radical (unpaired) electrons. The average molecular weight is 347 g/mol. The van der Waals surface area contributed by atoms with Crippen molar-refractivity contribution >= 4 is 5.91 Å². The summed E-state index contributed by atoms with van der Waals surface area (Å²) in [6, 6.07) is 4.09. The van der Waals surface area contributed by atoms with E-state index < -0.39 is 6.10 Å². The summed E-state index contributed by atoms with van der Waals surface area (Å²) in [7, 11) is 0. The second-order valence-electron chi connectivity index (χ2n) is 7.30. The third-order valence-corrected chi connectivity index (χ3v) is 5.19. The van der Waals surface area contributed by atoms with Gasteiger partial charge in [-0.1, -0.05) is 57.9 Å². The van der Waals surface area contributed by atoms with Crippen LogP contribution in [-0.2, 0) is 4.79 Å². The van der Waals surface area contributed by atoms with Gasteiger partial charge >= 0.3 is 0 Å². The van der Waals surface area contributed by atoms with Gasteiger partial charge < -0.3 is 10.0 Å². The molecule has 1 aliphatic rings. The van der Waals surface area contributed by atoms with Gasteiger partial charge in [-0.15, -0.1) is 0 Å². The number of aliphatic hydroxyl groups is 1. The molecule has 4 heteroatoms. The Bertz CT molecular complexity index is 492. The van der Waals surface area contributed by atoms with Gasteiger partial charge in [-0.2, -0.15) is 0 Å². The van der Waals surface area contributed by atoms with Crippen molar-refractivity contribution in [3.05, 3.63) is 30.1 Å². The number of nitrogens with zero attached hydrogens (tertiary/aromatic N) is 2.